The first-order valence-electron chi connectivity index (χ1n) is 7.04. The number of halogens is 1. The van der Waals surface area contributed by atoms with Crippen molar-refractivity contribution in [3.05, 3.63) is 84.2 Å². The fourth-order valence-corrected chi connectivity index (χ4v) is 2.02. The molecule has 0 heterocycles. The van der Waals surface area contributed by atoms with E-state index in [1.165, 1.54) is 12.1 Å². The third-order valence-corrected chi connectivity index (χ3v) is 3.15. The lowest BCUT2D eigenvalue weighted by molar-refractivity contribution is 0.0984. The van der Waals surface area contributed by atoms with Crippen LogP contribution in [0.3, 0.4) is 0 Å². The summed E-state index contributed by atoms with van der Waals surface area (Å²) in [4.78, 5) is 11.9. The van der Waals surface area contributed by atoms with Crippen molar-refractivity contribution in [2.75, 3.05) is 0 Å². The molecule has 0 aliphatic rings. The Morgan fingerprint density at radius 3 is 2.50 bits per heavy atom. The van der Waals surface area contributed by atoms with Crippen LogP contribution in [0.25, 0.3) is 0 Å². The van der Waals surface area contributed by atoms with E-state index in [2.05, 4.69) is 11.9 Å². The summed E-state index contributed by atoms with van der Waals surface area (Å²) in [6, 6.07) is 15.5. The van der Waals surface area contributed by atoms with Gasteiger partial charge in [0.2, 0.25) is 0 Å². The zero-order chi connectivity index (χ0) is 15.8. The van der Waals surface area contributed by atoms with Crippen LogP contribution in [0.15, 0.2) is 67.3 Å². The number of carbonyl (C=O) groups excluding carboxylic acids is 1. The zero-order valence-electron chi connectivity index (χ0n) is 12.2. The Kier molecular flexibility index (Phi) is 5.72. The molecule has 0 saturated heterocycles. The number of carbonyl (C=O) groups is 1. The predicted molar refractivity (Wildman–Crippen MR) is 83.7 cm³/mol. The van der Waals surface area contributed by atoms with Crippen molar-refractivity contribution in [3.8, 4) is 0 Å². The van der Waals surface area contributed by atoms with Crippen LogP contribution in [0.1, 0.15) is 23.7 Å². The molecule has 0 radical (unpaired) electrons. The summed E-state index contributed by atoms with van der Waals surface area (Å²) in [7, 11) is 0. The first-order valence-corrected chi connectivity index (χ1v) is 7.04. The maximum Gasteiger partial charge on any atom is 0.408 e. The SMILES string of the molecule is C=CCC(OC(=O)NCc1ccccc1)c1ccc(F)cc1. The van der Waals surface area contributed by atoms with Crippen LogP contribution in [0.5, 0.6) is 0 Å². The minimum atomic E-state index is -0.514. The molecular formula is C18H18FNO2. The molecule has 0 saturated carbocycles. The van der Waals surface area contributed by atoms with Gasteiger partial charge in [0.15, 0.2) is 0 Å². The Hall–Kier alpha value is -2.62. The smallest absolute Gasteiger partial charge is 0.408 e. The molecule has 2 aromatic carbocycles. The van der Waals surface area contributed by atoms with Crippen LogP contribution in [-0.2, 0) is 11.3 Å². The van der Waals surface area contributed by atoms with E-state index in [4.69, 9.17) is 4.74 Å². The molecule has 0 bridgehead atoms. The van der Waals surface area contributed by atoms with Gasteiger partial charge in [-0.3, -0.25) is 0 Å². The summed E-state index contributed by atoms with van der Waals surface area (Å²) in [5.41, 5.74) is 1.72. The van der Waals surface area contributed by atoms with Crippen molar-refractivity contribution in [2.24, 2.45) is 0 Å². The summed E-state index contributed by atoms with van der Waals surface area (Å²) in [5.74, 6) is -0.324. The van der Waals surface area contributed by atoms with Crippen LogP contribution < -0.4 is 5.32 Å². The van der Waals surface area contributed by atoms with Gasteiger partial charge in [-0.25, -0.2) is 9.18 Å². The number of alkyl carbamates (subject to hydrolysis) is 1. The lowest BCUT2D eigenvalue weighted by atomic mass is 10.1. The van der Waals surface area contributed by atoms with E-state index >= 15 is 0 Å². The minimum absolute atomic E-state index is 0.324. The summed E-state index contributed by atoms with van der Waals surface area (Å²) in [5, 5.41) is 2.70. The highest BCUT2D eigenvalue weighted by Gasteiger charge is 2.15. The average Bonchev–Trinajstić information content (AvgIpc) is 2.54. The number of rotatable bonds is 6. The molecule has 0 spiro atoms. The Labute approximate surface area is 129 Å². The van der Waals surface area contributed by atoms with Crippen LogP contribution in [0.2, 0.25) is 0 Å². The molecule has 1 unspecified atom stereocenters. The Morgan fingerprint density at radius 2 is 1.86 bits per heavy atom. The molecule has 1 amide bonds. The molecule has 22 heavy (non-hydrogen) atoms. The maximum absolute atomic E-state index is 13.0. The molecule has 2 rings (SSSR count). The average molecular weight is 299 g/mol. The van der Waals surface area contributed by atoms with Crippen molar-refractivity contribution in [1.82, 2.24) is 5.32 Å². The Balaban J connectivity index is 1.94. The standard InChI is InChI=1S/C18H18FNO2/c1-2-6-17(15-9-11-16(19)12-10-15)22-18(21)20-13-14-7-4-3-5-8-14/h2-5,7-12,17H,1,6,13H2,(H,20,21). The van der Waals surface area contributed by atoms with Gasteiger partial charge in [-0.15, -0.1) is 6.58 Å². The largest absolute Gasteiger partial charge is 0.441 e. The van der Waals surface area contributed by atoms with Gasteiger partial charge < -0.3 is 10.1 Å². The lowest BCUT2D eigenvalue weighted by Gasteiger charge is -2.17. The predicted octanol–water partition coefficient (Wildman–Crippen LogP) is 4.37. The molecule has 0 aromatic heterocycles. The Bertz CT molecular complexity index is 611. The van der Waals surface area contributed by atoms with Crippen LogP contribution in [0.4, 0.5) is 9.18 Å². The van der Waals surface area contributed by atoms with E-state index in [0.717, 1.165) is 11.1 Å². The molecule has 0 aliphatic heterocycles. The number of amides is 1. The van der Waals surface area contributed by atoms with Crippen LogP contribution in [-0.4, -0.2) is 6.09 Å². The topological polar surface area (TPSA) is 38.3 Å². The van der Waals surface area contributed by atoms with Gasteiger partial charge in [0, 0.05) is 13.0 Å². The second-order valence-electron chi connectivity index (χ2n) is 4.81. The van der Waals surface area contributed by atoms with E-state index in [9.17, 15) is 9.18 Å². The van der Waals surface area contributed by atoms with E-state index in [0.29, 0.717) is 13.0 Å². The second-order valence-corrected chi connectivity index (χ2v) is 4.81. The van der Waals surface area contributed by atoms with E-state index in [1.54, 1.807) is 18.2 Å². The zero-order valence-corrected chi connectivity index (χ0v) is 12.2. The van der Waals surface area contributed by atoms with E-state index in [-0.39, 0.29) is 5.82 Å². The van der Waals surface area contributed by atoms with Gasteiger partial charge in [-0.05, 0) is 23.3 Å². The van der Waals surface area contributed by atoms with Gasteiger partial charge in [-0.1, -0.05) is 48.5 Å². The molecular weight excluding hydrogens is 281 g/mol. The molecule has 0 fully saturated rings. The molecule has 114 valence electrons. The van der Waals surface area contributed by atoms with Crippen molar-refractivity contribution in [3.63, 3.8) is 0 Å². The number of nitrogens with one attached hydrogen (secondary N) is 1. The van der Waals surface area contributed by atoms with Crippen molar-refractivity contribution in [2.45, 2.75) is 19.1 Å². The van der Waals surface area contributed by atoms with Crippen LogP contribution >= 0.6 is 0 Å². The third kappa shape index (κ3) is 4.74. The van der Waals surface area contributed by atoms with Crippen molar-refractivity contribution in [1.29, 1.82) is 0 Å². The first kappa shape index (κ1) is 15.8. The Morgan fingerprint density at radius 1 is 1.18 bits per heavy atom. The van der Waals surface area contributed by atoms with Gasteiger partial charge in [0.05, 0.1) is 0 Å². The van der Waals surface area contributed by atoms with Crippen molar-refractivity contribution >= 4 is 6.09 Å². The quantitative estimate of drug-likeness (QED) is 0.804. The summed E-state index contributed by atoms with van der Waals surface area (Å²) < 4.78 is 18.4. The normalized spacial score (nSPS) is 11.5. The van der Waals surface area contributed by atoms with Crippen molar-refractivity contribution < 1.29 is 13.9 Å². The summed E-state index contributed by atoms with van der Waals surface area (Å²) >= 11 is 0. The number of hydrogen-bond donors (Lipinski definition) is 1. The van der Waals surface area contributed by atoms with E-state index < -0.39 is 12.2 Å². The van der Waals surface area contributed by atoms with Gasteiger partial charge >= 0.3 is 6.09 Å². The monoisotopic (exact) mass is 299 g/mol. The minimum Gasteiger partial charge on any atom is -0.441 e. The first-order chi connectivity index (χ1) is 10.7. The molecule has 1 atom stereocenters. The fraction of sp³-hybridized carbons (Fsp3) is 0.167. The lowest BCUT2D eigenvalue weighted by Crippen LogP contribution is -2.25. The van der Waals surface area contributed by atoms with Gasteiger partial charge in [-0.2, -0.15) is 0 Å². The highest BCUT2D eigenvalue weighted by Crippen LogP contribution is 2.22. The highest BCUT2D eigenvalue weighted by molar-refractivity contribution is 5.67. The highest BCUT2D eigenvalue weighted by atomic mass is 19.1. The van der Waals surface area contributed by atoms with Gasteiger partial charge in [0.1, 0.15) is 11.9 Å². The molecule has 2 aromatic rings. The number of ether oxygens (including phenoxy) is 1. The van der Waals surface area contributed by atoms with Crippen LogP contribution in [0, 0.1) is 5.82 Å². The number of hydrogen-bond acceptors (Lipinski definition) is 2. The maximum atomic E-state index is 13.0. The number of benzene rings is 2. The molecule has 0 aliphatic carbocycles. The van der Waals surface area contributed by atoms with E-state index in [1.807, 2.05) is 30.3 Å². The summed E-state index contributed by atoms with van der Waals surface area (Å²) in [6.07, 6.45) is 1.14. The molecule has 4 heteroatoms. The summed E-state index contributed by atoms with van der Waals surface area (Å²) in [6.45, 7) is 4.05. The second kappa shape index (κ2) is 7.98. The fourth-order valence-electron chi connectivity index (χ4n) is 2.02. The third-order valence-electron chi connectivity index (χ3n) is 3.15. The molecule has 3 nitrogen and oxygen atoms in total. The van der Waals surface area contributed by atoms with Gasteiger partial charge in [0.25, 0.3) is 0 Å². The molecule has 1 N–H and O–H groups in total.